The molecule has 0 heterocycles. The van der Waals surface area contributed by atoms with Crippen LogP contribution in [0.25, 0.3) is 0 Å². The van der Waals surface area contributed by atoms with Crippen LogP contribution in [0.3, 0.4) is 0 Å². The molecule has 2 nitrogen and oxygen atoms in total. The molecule has 2 heteroatoms. The van der Waals surface area contributed by atoms with E-state index in [9.17, 15) is 0 Å². The largest absolute Gasteiger partial charge is 0.314 e. The zero-order chi connectivity index (χ0) is 10.6. The molecule has 0 radical (unpaired) electrons. The fourth-order valence-electron chi connectivity index (χ4n) is 2.36. The van der Waals surface area contributed by atoms with Gasteiger partial charge in [-0.1, -0.05) is 19.8 Å². The van der Waals surface area contributed by atoms with E-state index in [0.29, 0.717) is 0 Å². The van der Waals surface area contributed by atoms with Crippen molar-refractivity contribution in [3.63, 3.8) is 0 Å². The van der Waals surface area contributed by atoms with Gasteiger partial charge in [0, 0.05) is 18.1 Å². The Kier molecular flexibility index (Phi) is 4.39. The molecule has 1 N–H and O–H groups in total. The molecule has 0 aliphatic heterocycles. The van der Waals surface area contributed by atoms with E-state index in [1.54, 1.807) is 0 Å². The Bertz CT molecular complexity index is 160. The average Bonchev–Trinajstić information content (AvgIpc) is 2.67. The second-order valence-corrected chi connectivity index (χ2v) is 5.14. The predicted molar refractivity (Wildman–Crippen MR) is 62.6 cm³/mol. The summed E-state index contributed by atoms with van der Waals surface area (Å²) < 4.78 is 0. The lowest BCUT2D eigenvalue weighted by Gasteiger charge is -2.35. The molecule has 0 aromatic rings. The standard InChI is InChI=1S/C12H26N2/c1-5-14(10-12(2,3)13-4)11-8-6-7-9-11/h11,13H,5-10H2,1-4H3. The molecule has 0 spiro atoms. The summed E-state index contributed by atoms with van der Waals surface area (Å²) in [5.41, 5.74) is 0.249. The molecular formula is C12H26N2. The fraction of sp³-hybridized carbons (Fsp3) is 1.00. The van der Waals surface area contributed by atoms with Crippen molar-refractivity contribution in [1.29, 1.82) is 0 Å². The van der Waals surface area contributed by atoms with Gasteiger partial charge >= 0.3 is 0 Å². The summed E-state index contributed by atoms with van der Waals surface area (Å²) in [6, 6.07) is 0.854. The molecule has 1 saturated carbocycles. The van der Waals surface area contributed by atoms with E-state index in [4.69, 9.17) is 0 Å². The molecule has 0 unspecified atom stereocenters. The Hall–Kier alpha value is -0.0800. The minimum Gasteiger partial charge on any atom is -0.314 e. The van der Waals surface area contributed by atoms with Crippen LogP contribution in [0.1, 0.15) is 46.5 Å². The highest BCUT2D eigenvalue weighted by Gasteiger charge is 2.26. The smallest absolute Gasteiger partial charge is 0.0249 e. The van der Waals surface area contributed by atoms with Gasteiger partial charge in [-0.05, 0) is 40.3 Å². The van der Waals surface area contributed by atoms with Crippen LogP contribution in [0.5, 0.6) is 0 Å². The summed E-state index contributed by atoms with van der Waals surface area (Å²) >= 11 is 0. The van der Waals surface area contributed by atoms with Crippen LogP contribution in [-0.4, -0.2) is 36.6 Å². The number of hydrogen-bond donors (Lipinski definition) is 1. The third kappa shape index (κ3) is 3.25. The number of nitrogens with one attached hydrogen (secondary N) is 1. The molecule has 1 rings (SSSR count). The van der Waals surface area contributed by atoms with Gasteiger partial charge in [-0.15, -0.1) is 0 Å². The maximum absolute atomic E-state index is 3.39. The van der Waals surface area contributed by atoms with Gasteiger partial charge in [0.25, 0.3) is 0 Å². The van der Waals surface area contributed by atoms with E-state index in [1.165, 1.54) is 38.8 Å². The van der Waals surface area contributed by atoms with Gasteiger partial charge in [-0.3, -0.25) is 4.90 Å². The molecule has 0 aromatic carbocycles. The lowest BCUT2D eigenvalue weighted by molar-refractivity contribution is 0.160. The molecule has 0 saturated heterocycles. The van der Waals surface area contributed by atoms with Gasteiger partial charge < -0.3 is 5.32 Å². The number of nitrogens with zero attached hydrogens (tertiary/aromatic N) is 1. The van der Waals surface area contributed by atoms with E-state index >= 15 is 0 Å². The zero-order valence-corrected chi connectivity index (χ0v) is 10.3. The quantitative estimate of drug-likeness (QED) is 0.729. The van der Waals surface area contributed by atoms with Crippen LogP contribution in [-0.2, 0) is 0 Å². The first-order chi connectivity index (χ1) is 6.59. The summed E-state index contributed by atoms with van der Waals surface area (Å²) in [6.45, 7) is 9.21. The molecule has 0 atom stereocenters. The SMILES string of the molecule is CCN(CC(C)(C)NC)C1CCCC1. The van der Waals surface area contributed by atoms with Crippen molar-refractivity contribution in [3.8, 4) is 0 Å². The molecule has 0 aromatic heterocycles. The molecule has 0 amide bonds. The highest BCUT2D eigenvalue weighted by Crippen LogP contribution is 2.24. The number of likely N-dealkylation sites (N-methyl/N-ethyl adjacent to an activating group) is 2. The van der Waals surface area contributed by atoms with Gasteiger partial charge in [-0.2, -0.15) is 0 Å². The number of hydrogen-bond acceptors (Lipinski definition) is 2. The van der Waals surface area contributed by atoms with Crippen molar-refractivity contribution < 1.29 is 0 Å². The van der Waals surface area contributed by atoms with Crippen molar-refractivity contribution in [2.24, 2.45) is 0 Å². The zero-order valence-electron chi connectivity index (χ0n) is 10.3. The minimum atomic E-state index is 0.249. The monoisotopic (exact) mass is 198 g/mol. The van der Waals surface area contributed by atoms with Gasteiger partial charge in [0.1, 0.15) is 0 Å². The van der Waals surface area contributed by atoms with E-state index in [0.717, 1.165) is 6.04 Å². The summed E-state index contributed by atoms with van der Waals surface area (Å²) in [5.74, 6) is 0. The Morgan fingerprint density at radius 3 is 2.29 bits per heavy atom. The van der Waals surface area contributed by atoms with E-state index < -0.39 is 0 Å². The van der Waals surface area contributed by atoms with Crippen LogP contribution in [0.2, 0.25) is 0 Å². The first-order valence-corrected chi connectivity index (χ1v) is 6.02. The lowest BCUT2D eigenvalue weighted by Crippen LogP contribution is -2.50. The van der Waals surface area contributed by atoms with Crippen molar-refractivity contribution in [3.05, 3.63) is 0 Å². The molecule has 84 valence electrons. The first-order valence-electron chi connectivity index (χ1n) is 6.02. The van der Waals surface area contributed by atoms with Crippen LogP contribution >= 0.6 is 0 Å². The van der Waals surface area contributed by atoms with Gasteiger partial charge in [0.15, 0.2) is 0 Å². The van der Waals surface area contributed by atoms with Gasteiger partial charge in [0.2, 0.25) is 0 Å². The van der Waals surface area contributed by atoms with Crippen molar-refractivity contribution in [2.75, 3.05) is 20.1 Å². The Balaban J connectivity index is 2.45. The Morgan fingerprint density at radius 2 is 1.86 bits per heavy atom. The fourth-order valence-corrected chi connectivity index (χ4v) is 2.36. The van der Waals surface area contributed by atoms with Crippen LogP contribution in [0, 0.1) is 0 Å². The summed E-state index contributed by atoms with van der Waals surface area (Å²) in [5, 5.41) is 3.39. The Morgan fingerprint density at radius 1 is 1.29 bits per heavy atom. The molecule has 1 aliphatic rings. The summed E-state index contributed by atoms with van der Waals surface area (Å²) in [7, 11) is 2.06. The van der Waals surface area contributed by atoms with Crippen molar-refractivity contribution in [1.82, 2.24) is 10.2 Å². The van der Waals surface area contributed by atoms with Gasteiger partial charge in [-0.25, -0.2) is 0 Å². The van der Waals surface area contributed by atoms with Crippen molar-refractivity contribution in [2.45, 2.75) is 58.0 Å². The topological polar surface area (TPSA) is 15.3 Å². The first kappa shape index (κ1) is 12.0. The molecular weight excluding hydrogens is 172 g/mol. The summed E-state index contributed by atoms with van der Waals surface area (Å²) in [6.07, 6.45) is 5.68. The minimum absolute atomic E-state index is 0.249. The highest BCUT2D eigenvalue weighted by atomic mass is 15.2. The van der Waals surface area contributed by atoms with Crippen LogP contribution in [0.15, 0.2) is 0 Å². The molecule has 1 aliphatic carbocycles. The third-order valence-corrected chi connectivity index (χ3v) is 3.52. The maximum atomic E-state index is 3.39. The van der Waals surface area contributed by atoms with Crippen LogP contribution in [0.4, 0.5) is 0 Å². The van der Waals surface area contributed by atoms with Crippen molar-refractivity contribution >= 4 is 0 Å². The predicted octanol–water partition coefficient (Wildman–Crippen LogP) is 2.25. The van der Waals surface area contributed by atoms with E-state index in [1.807, 2.05) is 0 Å². The maximum Gasteiger partial charge on any atom is 0.0249 e. The molecule has 14 heavy (non-hydrogen) atoms. The number of rotatable bonds is 5. The second kappa shape index (κ2) is 5.13. The lowest BCUT2D eigenvalue weighted by atomic mass is 10.0. The van der Waals surface area contributed by atoms with Gasteiger partial charge in [0.05, 0.1) is 0 Å². The summed E-state index contributed by atoms with van der Waals surface area (Å²) in [4.78, 5) is 2.64. The molecule has 1 fully saturated rings. The second-order valence-electron chi connectivity index (χ2n) is 5.14. The van der Waals surface area contributed by atoms with E-state index in [2.05, 4.69) is 38.0 Å². The molecule has 0 bridgehead atoms. The highest BCUT2D eigenvalue weighted by molar-refractivity contribution is 4.85. The Labute approximate surface area is 89.1 Å². The third-order valence-electron chi connectivity index (χ3n) is 3.52. The normalized spacial score (nSPS) is 19.5. The van der Waals surface area contributed by atoms with Crippen LogP contribution < -0.4 is 5.32 Å². The average molecular weight is 198 g/mol. The van der Waals surface area contributed by atoms with E-state index in [-0.39, 0.29) is 5.54 Å².